The van der Waals surface area contributed by atoms with Crippen LogP contribution in [0, 0.1) is 5.92 Å². The molecule has 0 heterocycles. The van der Waals surface area contributed by atoms with Gasteiger partial charge in [0.05, 0.1) is 5.92 Å². The second-order valence-corrected chi connectivity index (χ2v) is 6.86. The Morgan fingerprint density at radius 3 is 2.50 bits per heavy atom. The van der Waals surface area contributed by atoms with E-state index in [1.54, 1.807) is 0 Å². The van der Waals surface area contributed by atoms with Gasteiger partial charge in [-0.3, -0.25) is 9.59 Å². The van der Waals surface area contributed by atoms with Crippen molar-refractivity contribution in [3.8, 4) is 0 Å². The molecule has 132 valence electrons. The second-order valence-electron chi connectivity index (χ2n) is 6.86. The van der Waals surface area contributed by atoms with Crippen LogP contribution in [0.4, 0.5) is 0 Å². The highest BCUT2D eigenvalue weighted by molar-refractivity contribution is 5.96. The maximum absolute atomic E-state index is 12.1. The van der Waals surface area contributed by atoms with Crippen LogP contribution in [-0.4, -0.2) is 22.9 Å². The van der Waals surface area contributed by atoms with E-state index in [0.717, 1.165) is 43.4 Å². The number of ketones is 1. The maximum atomic E-state index is 12.1. The van der Waals surface area contributed by atoms with E-state index in [2.05, 4.69) is 12.2 Å². The Hall–Kier alpha value is -1.68. The molecule has 1 fully saturated rings. The molecule has 2 atom stereocenters. The molecular weight excluding hydrogens is 302 g/mol. The fourth-order valence-electron chi connectivity index (χ4n) is 3.32. The van der Waals surface area contributed by atoms with Crippen molar-refractivity contribution < 1.29 is 14.7 Å². The van der Waals surface area contributed by atoms with Crippen LogP contribution in [0.5, 0.6) is 0 Å². The molecule has 2 N–H and O–H groups in total. The van der Waals surface area contributed by atoms with E-state index in [9.17, 15) is 9.59 Å². The molecule has 4 heteroatoms. The van der Waals surface area contributed by atoms with Gasteiger partial charge in [-0.2, -0.15) is 0 Å². The molecule has 0 aromatic heterocycles. The largest absolute Gasteiger partial charge is 0.481 e. The number of Topliss-reactive ketones (excluding diaryl/α,β-unsaturated/α-hetero) is 1. The Bertz CT molecular complexity index is 538. The highest BCUT2D eigenvalue weighted by Crippen LogP contribution is 2.25. The lowest BCUT2D eigenvalue weighted by Gasteiger charge is -2.12. The third-order valence-corrected chi connectivity index (χ3v) is 4.91. The van der Waals surface area contributed by atoms with E-state index in [-0.39, 0.29) is 17.7 Å². The number of benzene rings is 1. The van der Waals surface area contributed by atoms with Crippen LogP contribution in [0.2, 0.25) is 0 Å². The highest BCUT2D eigenvalue weighted by Gasteiger charge is 2.29. The van der Waals surface area contributed by atoms with E-state index in [1.165, 1.54) is 12.8 Å². The summed E-state index contributed by atoms with van der Waals surface area (Å²) in [5.74, 6) is -0.651. The number of unbranched alkanes of at least 4 members (excludes halogenated alkanes) is 3. The summed E-state index contributed by atoms with van der Waals surface area (Å²) in [6.45, 7) is 2.89. The van der Waals surface area contributed by atoms with E-state index in [0.29, 0.717) is 12.8 Å². The highest BCUT2D eigenvalue weighted by atomic mass is 16.4. The van der Waals surface area contributed by atoms with E-state index >= 15 is 0 Å². The molecule has 1 aromatic carbocycles. The molecule has 1 saturated carbocycles. The number of hydrogen-bond acceptors (Lipinski definition) is 3. The first kappa shape index (κ1) is 18.7. The van der Waals surface area contributed by atoms with Crippen molar-refractivity contribution in [2.24, 2.45) is 5.92 Å². The van der Waals surface area contributed by atoms with Crippen molar-refractivity contribution in [3.63, 3.8) is 0 Å². The van der Waals surface area contributed by atoms with Gasteiger partial charge in [0.25, 0.3) is 0 Å². The normalized spacial score (nSPS) is 20.2. The fourth-order valence-corrected chi connectivity index (χ4v) is 3.32. The van der Waals surface area contributed by atoms with Crippen molar-refractivity contribution in [2.45, 2.75) is 70.9 Å². The van der Waals surface area contributed by atoms with Crippen LogP contribution in [0.1, 0.15) is 74.2 Å². The van der Waals surface area contributed by atoms with Gasteiger partial charge >= 0.3 is 5.97 Å². The Kier molecular flexibility index (Phi) is 7.44. The van der Waals surface area contributed by atoms with Crippen molar-refractivity contribution >= 4 is 11.8 Å². The molecule has 0 saturated heterocycles. The number of rotatable bonds is 10. The number of carboxylic acids is 1. The Morgan fingerprint density at radius 2 is 1.88 bits per heavy atom. The zero-order chi connectivity index (χ0) is 17.4. The van der Waals surface area contributed by atoms with Gasteiger partial charge in [-0.1, -0.05) is 50.5 Å². The molecule has 4 nitrogen and oxygen atoms in total. The number of carbonyl (C=O) groups excluding carboxylic acids is 1. The minimum Gasteiger partial charge on any atom is -0.481 e. The molecule has 0 bridgehead atoms. The van der Waals surface area contributed by atoms with Crippen molar-refractivity contribution in [1.29, 1.82) is 0 Å². The zero-order valence-electron chi connectivity index (χ0n) is 14.6. The molecule has 0 spiro atoms. The predicted octanol–water partition coefficient (Wildman–Crippen LogP) is 4.18. The first-order valence-electron chi connectivity index (χ1n) is 9.18. The summed E-state index contributed by atoms with van der Waals surface area (Å²) in [5, 5.41) is 12.5. The summed E-state index contributed by atoms with van der Waals surface area (Å²) in [4.78, 5) is 23.1. The second kappa shape index (κ2) is 9.58. The molecule has 24 heavy (non-hydrogen) atoms. The standard InChI is InChI=1S/C20H29NO3/c1-2-3-4-5-6-19(22)16-9-7-15(8-10-16)14-21-18-12-11-17(13-18)20(23)24/h7-10,17-18,21H,2-6,11-14H2,1H3,(H,23,24)/t17-,18+/m1/s1. The molecule has 0 aliphatic heterocycles. The van der Waals surface area contributed by atoms with Gasteiger partial charge < -0.3 is 10.4 Å². The minimum absolute atomic E-state index is 0.199. The lowest BCUT2D eigenvalue weighted by molar-refractivity contribution is -0.141. The van der Waals surface area contributed by atoms with Gasteiger partial charge in [0.1, 0.15) is 0 Å². The SMILES string of the molecule is CCCCCCC(=O)c1ccc(CN[C@H]2CC[C@@H](C(=O)O)C2)cc1. The third kappa shape index (κ3) is 5.75. The molecule has 1 aromatic rings. The van der Waals surface area contributed by atoms with Crippen molar-refractivity contribution in [1.82, 2.24) is 5.32 Å². The third-order valence-electron chi connectivity index (χ3n) is 4.91. The lowest BCUT2D eigenvalue weighted by atomic mass is 10.0. The van der Waals surface area contributed by atoms with Crippen LogP contribution < -0.4 is 5.32 Å². The average Bonchev–Trinajstić information content (AvgIpc) is 3.06. The van der Waals surface area contributed by atoms with Gasteiger partial charge in [0.15, 0.2) is 5.78 Å². The lowest BCUT2D eigenvalue weighted by Crippen LogP contribution is -2.26. The molecule has 0 unspecified atom stereocenters. The number of nitrogens with one attached hydrogen (secondary N) is 1. The van der Waals surface area contributed by atoms with Gasteiger partial charge in [-0.15, -0.1) is 0 Å². The van der Waals surface area contributed by atoms with Gasteiger partial charge in [-0.05, 0) is 31.2 Å². The molecular formula is C20H29NO3. The maximum Gasteiger partial charge on any atom is 0.306 e. The van der Waals surface area contributed by atoms with Crippen LogP contribution in [0.25, 0.3) is 0 Å². The summed E-state index contributed by atoms with van der Waals surface area (Å²) in [7, 11) is 0. The number of aliphatic carboxylic acids is 1. The summed E-state index contributed by atoms with van der Waals surface area (Å²) < 4.78 is 0. The zero-order valence-corrected chi connectivity index (χ0v) is 14.6. The van der Waals surface area contributed by atoms with Gasteiger partial charge in [0, 0.05) is 24.6 Å². The Labute approximate surface area is 144 Å². The Balaban J connectivity index is 1.74. The minimum atomic E-state index is -0.680. The van der Waals surface area contributed by atoms with Crippen LogP contribution >= 0.6 is 0 Å². The van der Waals surface area contributed by atoms with E-state index < -0.39 is 5.97 Å². The summed E-state index contributed by atoms with van der Waals surface area (Å²) in [6.07, 6.45) is 7.51. The predicted molar refractivity (Wildman–Crippen MR) is 95.1 cm³/mol. The first-order chi connectivity index (χ1) is 11.6. The topological polar surface area (TPSA) is 66.4 Å². The molecule has 0 radical (unpaired) electrons. The average molecular weight is 331 g/mol. The quantitative estimate of drug-likeness (QED) is 0.498. The summed E-state index contributed by atoms with van der Waals surface area (Å²) in [6, 6.07) is 8.10. The van der Waals surface area contributed by atoms with Crippen LogP contribution in [0.15, 0.2) is 24.3 Å². The molecule has 1 aliphatic rings. The van der Waals surface area contributed by atoms with Gasteiger partial charge in [0.2, 0.25) is 0 Å². The first-order valence-corrected chi connectivity index (χ1v) is 9.18. The number of carboxylic acid groups (broad SMARTS) is 1. The summed E-state index contributed by atoms with van der Waals surface area (Å²) >= 11 is 0. The van der Waals surface area contributed by atoms with Gasteiger partial charge in [-0.25, -0.2) is 0 Å². The number of carbonyl (C=O) groups is 2. The van der Waals surface area contributed by atoms with Crippen LogP contribution in [-0.2, 0) is 11.3 Å². The smallest absolute Gasteiger partial charge is 0.306 e. The fraction of sp³-hybridized carbons (Fsp3) is 0.600. The Morgan fingerprint density at radius 1 is 1.12 bits per heavy atom. The number of hydrogen-bond donors (Lipinski definition) is 2. The monoisotopic (exact) mass is 331 g/mol. The molecule has 2 rings (SSSR count). The van der Waals surface area contributed by atoms with Crippen molar-refractivity contribution in [2.75, 3.05) is 0 Å². The van der Waals surface area contributed by atoms with Crippen LogP contribution in [0.3, 0.4) is 0 Å². The molecule has 0 amide bonds. The van der Waals surface area contributed by atoms with E-state index in [4.69, 9.17) is 5.11 Å². The molecule has 1 aliphatic carbocycles. The van der Waals surface area contributed by atoms with Crippen molar-refractivity contribution in [3.05, 3.63) is 35.4 Å². The summed E-state index contributed by atoms with van der Waals surface area (Å²) in [5.41, 5.74) is 1.93. The van der Waals surface area contributed by atoms with E-state index in [1.807, 2.05) is 24.3 Å².